The number of carbonyl (C=O) groups excluding carboxylic acids is 2. The summed E-state index contributed by atoms with van der Waals surface area (Å²) in [5.41, 5.74) is 0.968. The Morgan fingerprint density at radius 1 is 1.07 bits per heavy atom. The zero-order valence-corrected chi connectivity index (χ0v) is 19.1. The molecule has 0 aromatic heterocycles. The first-order chi connectivity index (χ1) is 14.4. The molecule has 1 atom stereocenters. The van der Waals surface area contributed by atoms with Crippen molar-refractivity contribution in [3.8, 4) is 5.75 Å². The van der Waals surface area contributed by atoms with E-state index < -0.39 is 6.04 Å². The lowest BCUT2D eigenvalue weighted by Crippen LogP contribution is -2.50. The molecule has 0 bridgehead atoms. The van der Waals surface area contributed by atoms with Crippen LogP contribution in [0.25, 0.3) is 0 Å². The molecule has 5 nitrogen and oxygen atoms in total. The fourth-order valence-electron chi connectivity index (χ4n) is 3.14. The molecule has 2 aromatic rings. The van der Waals surface area contributed by atoms with Crippen LogP contribution in [-0.4, -0.2) is 41.7 Å². The van der Waals surface area contributed by atoms with Crippen LogP contribution in [0, 0.1) is 0 Å². The number of amides is 2. The lowest BCUT2D eigenvalue weighted by atomic mass is 10.1. The van der Waals surface area contributed by atoms with Gasteiger partial charge in [-0.05, 0) is 50.1 Å². The van der Waals surface area contributed by atoms with E-state index in [1.54, 1.807) is 23.8 Å². The fourth-order valence-corrected chi connectivity index (χ4v) is 4.01. The van der Waals surface area contributed by atoms with Crippen LogP contribution in [0.4, 0.5) is 0 Å². The summed E-state index contributed by atoms with van der Waals surface area (Å²) >= 11 is 1.65. The van der Waals surface area contributed by atoms with E-state index in [9.17, 15) is 9.59 Å². The molecular formula is C24H32N2O3S. The molecule has 2 aromatic carbocycles. The summed E-state index contributed by atoms with van der Waals surface area (Å²) < 4.78 is 5.22. The number of methoxy groups -OCH3 is 1. The lowest BCUT2D eigenvalue weighted by molar-refractivity contribution is -0.141. The first kappa shape index (κ1) is 23.8. The molecule has 0 heterocycles. The maximum absolute atomic E-state index is 13.2. The Hall–Kier alpha value is -2.47. The van der Waals surface area contributed by atoms with Gasteiger partial charge in [-0.1, -0.05) is 37.3 Å². The van der Waals surface area contributed by atoms with Gasteiger partial charge >= 0.3 is 0 Å². The average Bonchev–Trinajstić information content (AvgIpc) is 2.74. The largest absolute Gasteiger partial charge is 0.497 e. The highest BCUT2D eigenvalue weighted by molar-refractivity contribution is 7.99. The Balaban J connectivity index is 2.12. The number of ether oxygens (including phenoxy) is 1. The highest BCUT2D eigenvalue weighted by Crippen LogP contribution is 2.21. The lowest BCUT2D eigenvalue weighted by Gasteiger charge is -2.31. The SMILES string of the molecule is CCC(C(=O)NC(C)C)N(Cc1ccc(OC)cc1)C(=O)CCSc1ccccc1. The predicted octanol–water partition coefficient (Wildman–Crippen LogP) is 4.51. The van der Waals surface area contributed by atoms with Crippen LogP contribution < -0.4 is 10.1 Å². The second-order valence-corrected chi connectivity index (χ2v) is 8.54. The predicted molar refractivity (Wildman–Crippen MR) is 123 cm³/mol. The van der Waals surface area contributed by atoms with Gasteiger partial charge in [0, 0.05) is 29.7 Å². The number of nitrogens with one attached hydrogen (secondary N) is 1. The first-order valence-corrected chi connectivity index (χ1v) is 11.3. The van der Waals surface area contributed by atoms with Gasteiger partial charge in [0.15, 0.2) is 0 Å². The van der Waals surface area contributed by atoms with Crippen LogP contribution in [0.5, 0.6) is 5.75 Å². The monoisotopic (exact) mass is 428 g/mol. The van der Waals surface area contributed by atoms with Crippen LogP contribution in [0.2, 0.25) is 0 Å². The number of thioether (sulfide) groups is 1. The molecular weight excluding hydrogens is 396 g/mol. The van der Waals surface area contributed by atoms with Gasteiger partial charge in [0.1, 0.15) is 11.8 Å². The maximum atomic E-state index is 13.2. The van der Waals surface area contributed by atoms with Crippen LogP contribution in [-0.2, 0) is 16.1 Å². The maximum Gasteiger partial charge on any atom is 0.243 e. The zero-order chi connectivity index (χ0) is 21.9. The minimum atomic E-state index is -0.497. The van der Waals surface area contributed by atoms with Crippen molar-refractivity contribution < 1.29 is 14.3 Å². The van der Waals surface area contributed by atoms with E-state index in [0.717, 1.165) is 16.2 Å². The van der Waals surface area contributed by atoms with E-state index in [-0.39, 0.29) is 17.9 Å². The Morgan fingerprint density at radius 2 is 1.73 bits per heavy atom. The van der Waals surface area contributed by atoms with Gasteiger partial charge in [0.05, 0.1) is 7.11 Å². The number of carbonyl (C=O) groups is 2. The zero-order valence-electron chi connectivity index (χ0n) is 18.3. The van der Waals surface area contributed by atoms with E-state index >= 15 is 0 Å². The van der Waals surface area contributed by atoms with Crippen molar-refractivity contribution in [2.45, 2.75) is 57.1 Å². The smallest absolute Gasteiger partial charge is 0.243 e. The van der Waals surface area contributed by atoms with E-state index in [2.05, 4.69) is 5.32 Å². The van der Waals surface area contributed by atoms with E-state index in [0.29, 0.717) is 25.1 Å². The van der Waals surface area contributed by atoms with Crippen molar-refractivity contribution in [1.29, 1.82) is 0 Å². The van der Waals surface area contributed by atoms with Crippen molar-refractivity contribution in [1.82, 2.24) is 10.2 Å². The van der Waals surface area contributed by atoms with Gasteiger partial charge in [-0.15, -0.1) is 11.8 Å². The van der Waals surface area contributed by atoms with Gasteiger partial charge in [-0.25, -0.2) is 0 Å². The molecule has 1 N–H and O–H groups in total. The van der Waals surface area contributed by atoms with Crippen LogP contribution in [0.3, 0.4) is 0 Å². The number of rotatable bonds is 11. The molecule has 2 amide bonds. The Kier molecular flexibility index (Phi) is 9.74. The summed E-state index contributed by atoms with van der Waals surface area (Å²) in [6.45, 7) is 6.19. The third kappa shape index (κ3) is 7.41. The molecule has 0 fully saturated rings. The van der Waals surface area contributed by atoms with Crippen LogP contribution in [0.1, 0.15) is 39.2 Å². The summed E-state index contributed by atoms with van der Waals surface area (Å²) in [7, 11) is 1.62. The van der Waals surface area contributed by atoms with Crippen molar-refractivity contribution >= 4 is 23.6 Å². The summed E-state index contributed by atoms with van der Waals surface area (Å²) in [6, 6.07) is 17.2. The van der Waals surface area contributed by atoms with Gasteiger partial charge in [-0.3, -0.25) is 9.59 Å². The molecule has 0 radical (unpaired) electrons. The summed E-state index contributed by atoms with van der Waals surface area (Å²) in [5.74, 6) is 1.31. The molecule has 0 aliphatic carbocycles. The highest BCUT2D eigenvalue weighted by atomic mass is 32.2. The molecule has 2 rings (SSSR count). The van der Waals surface area contributed by atoms with Gasteiger partial charge < -0.3 is 15.0 Å². The third-order valence-corrected chi connectivity index (χ3v) is 5.67. The highest BCUT2D eigenvalue weighted by Gasteiger charge is 2.28. The molecule has 0 saturated heterocycles. The molecule has 0 saturated carbocycles. The van der Waals surface area contributed by atoms with E-state index in [1.807, 2.05) is 75.4 Å². The molecule has 30 heavy (non-hydrogen) atoms. The topological polar surface area (TPSA) is 58.6 Å². The van der Waals surface area contributed by atoms with Crippen molar-refractivity contribution in [3.05, 3.63) is 60.2 Å². The second-order valence-electron chi connectivity index (χ2n) is 7.37. The third-order valence-electron chi connectivity index (χ3n) is 4.66. The van der Waals surface area contributed by atoms with Crippen LogP contribution >= 0.6 is 11.8 Å². The average molecular weight is 429 g/mol. The summed E-state index contributed by atoms with van der Waals surface area (Å²) in [5, 5.41) is 2.96. The first-order valence-electron chi connectivity index (χ1n) is 10.3. The summed E-state index contributed by atoms with van der Waals surface area (Å²) in [6.07, 6.45) is 0.938. The molecule has 6 heteroatoms. The normalized spacial score (nSPS) is 11.8. The number of benzene rings is 2. The fraction of sp³-hybridized carbons (Fsp3) is 0.417. The quantitative estimate of drug-likeness (QED) is 0.535. The minimum absolute atomic E-state index is 0.0139. The number of hydrogen-bond acceptors (Lipinski definition) is 4. The van der Waals surface area contributed by atoms with Crippen LogP contribution in [0.15, 0.2) is 59.5 Å². The van der Waals surface area contributed by atoms with Gasteiger partial charge in [0.25, 0.3) is 0 Å². The van der Waals surface area contributed by atoms with E-state index in [4.69, 9.17) is 4.74 Å². The molecule has 0 aliphatic heterocycles. The number of nitrogens with zero attached hydrogens (tertiary/aromatic N) is 1. The van der Waals surface area contributed by atoms with Gasteiger partial charge in [-0.2, -0.15) is 0 Å². The van der Waals surface area contributed by atoms with Gasteiger partial charge in [0.2, 0.25) is 11.8 Å². The number of hydrogen-bond donors (Lipinski definition) is 1. The Bertz CT molecular complexity index is 794. The molecule has 0 spiro atoms. The second kappa shape index (κ2) is 12.3. The van der Waals surface area contributed by atoms with Crippen molar-refractivity contribution in [2.75, 3.05) is 12.9 Å². The minimum Gasteiger partial charge on any atom is -0.497 e. The van der Waals surface area contributed by atoms with Crippen molar-refractivity contribution in [2.24, 2.45) is 0 Å². The molecule has 0 aliphatic rings. The Morgan fingerprint density at radius 3 is 2.30 bits per heavy atom. The van der Waals surface area contributed by atoms with Crippen molar-refractivity contribution in [3.63, 3.8) is 0 Å². The molecule has 1 unspecified atom stereocenters. The molecule has 162 valence electrons. The Labute approximate surface area is 184 Å². The summed E-state index contributed by atoms with van der Waals surface area (Å²) in [4.78, 5) is 28.8. The standard InChI is InChI=1S/C24H32N2O3S/c1-5-22(24(28)25-18(2)3)26(17-19-11-13-20(29-4)14-12-19)23(27)15-16-30-21-9-7-6-8-10-21/h6-14,18,22H,5,15-17H2,1-4H3,(H,25,28). The van der Waals surface area contributed by atoms with E-state index in [1.165, 1.54) is 0 Å².